The highest BCUT2D eigenvalue weighted by atomic mass is 16.5. The van der Waals surface area contributed by atoms with Crippen LogP contribution in [0.4, 0.5) is 0 Å². The van der Waals surface area contributed by atoms with E-state index in [4.69, 9.17) is 9.47 Å². The van der Waals surface area contributed by atoms with Gasteiger partial charge in [-0.05, 0) is 13.0 Å². The van der Waals surface area contributed by atoms with Crippen LogP contribution in [0.5, 0.6) is 11.5 Å². The van der Waals surface area contributed by atoms with Crippen LogP contribution in [0.25, 0.3) is 0 Å². The van der Waals surface area contributed by atoms with Gasteiger partial charge in [0.1, 0.15) is 5.69 Å². The predicted molar refractivity (Wildman–Crippen MR) is 70.2 cm³/mol. The number of amides is 1. The minimum Gasteiger partial charge on any atom is -0.493 e. The summed E-state index contributed by atoms with van der Waals surface area (Å²) in [6.45, 7) is 2.42. The van der Waals surface area contributed by atoms with Crippen LogP contribution in [0.1, 0.15) is 12.1 Å². The molecule has 2 heterocycles. The van der Waals surface area contributed by atoms with Crippen LogP contribution in [0.3, 0.4) is 0 Å². The summed E-state index contributed by atoms with van der Waals surface area (Å²) >= 11 is 0. The van der Waals surface area contributed by atoms with Crippen molar-refractivity contribution in [2.75, 3.05) is 33.9 Å². The molecule has 6 nitrogen and oxygen atoms in total. The van der Waals surface area contributed by atoms with Gasteiger partial charge in [-0.2, -0.15) is 0 Å². The molecule has 0 aliphatic carbocycles. The lowest BCUT2D eigenvalue weighted by molar-refractivity contribution is -0.130. The molecule has 104 valence electrons. The zero-order valence-corrected chi connectivity index (χ0v) is 11.3. The maximum Gasteiger partial charge on any atom is 0.236 e. The number of aromatic nitrogens is 1. The molecule has 1 aliphatic heterocycles. The summed E-state index contributed by atoms with van der Waals surface area (Å²) in [5.74, 6) is 1.31. The summed E-state index contributed by atoms with van der Waals surface area (Å²) in [5, 5.41) is 3.10. The molecule has 1 aromatic rings. The van der Waals surface area contributed by atoms with Crippen LogP contribution in [0.2, 0.25) is 0 Å². The maximum atomic E-state index is 11.9. The van der Waals surface area contributed by atoms with Gasteiger partial charge in [-0.25, -0.2) is 0 Å². The van der Waals surface area contributed by atoms with E-state index in [2.05, 4.69) is 10.3 Å². The van der Waals surface area contributed by atoms with Crippen LogP contribution in [-0.2, 0) is 11.3 Å². The van der Waals surface area contributed by atoms with Gasteiger partial charge >= 0.3 is 0 Å². The topological polar surface area (TPSA) is 63.7 Å². The third kappa shape index (κ3) is 3.14. The molecule has 1 amide bonds. The maximum absolute atomic E-state index is 11.9. The van der Waals surface area contributed by atoms with Crippen LogP contribution >= 0.6 is 0 Å². The van der Waals surface area contributed by atoms with E-state index >= 15 is 0 Å². The fraction of sp³-hybridized carbons (Fsp3) is 0.538. The van der Waals surface area contributed by atoms with Gasteiger partial charge in [0.25, 0.3) is 0 Å². The monoisotopic (exact) mass is 265 g/mol. The molecule has 0 radical (unpaired) electrons. The number of carbonyl (C=O) groups excluding carboxylic acids is 1. The van der Waals surface area contributed by atoms with Gasteiger partial charge < -0.3 is 19.7 Å². The number of carbonyl (C=O) groups is 1. The Bertz CT molecular complexity index is 451. The van der Waals surface area contributed by atoms with E-state index in [1.807, 2.05) is 0 Å². The second-order valence-corrected chi connectivity index (χ2v) is 4.34. The summed E-state index contributed by atoms with van der Waals surface area (Å²) in [5.41, 5.74) is 0.720. The van der Waals surface area contributed by atoms with Gasteiger partial charge in [0.2, 0.25) is 5.91 Å². The van der Waals surface area contributed by atoms with Crippen molar-refractivity contribution in [2.24, 2.45) is 0 Å². The minimum atomic E-state index is 0.0872. The van der Waals surface area contributed by atoms with E-state index in [-0.39, 0.29) is 5.91 Å². The molecule has 1 fully saturated rings. The first-order valence-electron chi connectivity index (χ1n) is 6.30. The smallest absolute Gasteiger partial charge is 0.236 e. The number of rotatable bonds is 4. The molecule has 1 aromatic heterocycles. The van der Waals surface area contributed by atoms with E-state index in [9.17, 15) is 4.79 Å². The Labute approximate surface area is 112 Å². The summed E-state index contributed by atoms with van der Waals surface area (Å²) < 4.78 is 10.6. The Hall–Kier alpha value is -1.82. The molecule has 0 atom stereocenters. The largest absolute Gasteiger partial charge is 0.493 e. The normalized spacial score (nSPS) is 16.1. The highest BCUT2D eigenvalue weighted by Crippen LogP contribution is 2.29. The molecule has 0 unspecified atom stereocenters. The van der Waals surface area contributed by atoms with E-state index in [0.29, 0.717) is 24.6 Å². The average molecular weight is 265 g/mol. The fourth-order valence-corrected chi connectivity index (χ4v) is 2.14. The van der Waals surface area contributed by atoms with Crippen molar-refractivity contribution in [1.29, 1.82) is 0 Å². The van der Waals surface area contributed by atoms with Crippen molar-refractivity contribution in [3.05, 3.63) is 18.0 Å². The predicted octanol–water partition coefficient (Wildman–Crippen LogP) is 0.421. The van der Waals surface area contributed by atoms with Gasteiger partial charge in [0, 0.05) is 18.8 Å². The number of methoxy groups -OCH3 is 2. The summed E-state index contributed by atoms with van der Waals surface area (Å²) in [7, 11) is 3.16. The van der Waals surface area contributed by atoms with Crippen molar-refractivity contribution in [3.63, 3.8) is 0 Å². The lowest BCUT2D eigenvalue weighted by Gasteiger charge is -2.21. The number of hydrogen-bond acceptors (Lipinski definition) is 5. The quantitative estimate of drug-likeness (QED) is 0.855. The lowest BCUT2D eigenvalue weighted by Crippen LogP contribution is -2.34. The molecular weight excluding hydrogens is 246 g/mol. The van der Waals surface area contributed by atoms with E-state index < -0.39 is 0 Å². The van der Waals surface area contributed by atoms with Crippen LogP contribution in [-0.4, -0.2) is 49.6 Å². The highest BCUT2D eigenvalue weighted by molar-refractivity contribution is 5.78. The molecule has 0 spiro atoms. The first kappa shape index (κ1) is 13.6. The van der Waals surface area contributed by atoms with Gasteiger partial charge in [-0.1, -0.05) is 0 Å². The number of nitrogens with zero attached hydrogens (tertiary/aromatic N) is 2. The Balaban J connectivity index is 2.19. The third-order valence-electron chi connectivity index (χ3n) is 3.12. The number of pyridine rings is 1. The van der Waals surface area contributed by atoms with E-state index in [1.165, 1.54) is 0 Å². The molecule has 0 bridgehead atoms. The van der Waals surface area contributed by atoms with Gasteiger partial charge in [-0.15, -0.1) is 0 Å². The first-order chi connectivity index (χ1) is 9.26. The Morgan fingerprint density at radius 2 is 2.26 bits per heavy atom. The zero-order chi connectivity index (χ0) is 13.7. The number of nitrogens with one attached hydrogen (secondary N) is 1. The van der Waals surface area contributed by atoms with Crippen molar-refractivity contribution in [1.82, 2.24) is 15.2 Å². The minimum absolute atomic E-state index is 0.0872. The number of hydrogen-bond donors (Lipinski definition) is 1. The van der Waals surface area contributed by atoms with Gasteiger partial charge in [-0.3, -0.25) is 9.78 Å². The standard InChI is InChI=1S/C13H19N3O3/c1-18-11-4-6-15-10(13(11)19-2)9-16-7-3-5-14-8-12(16)17/h4,6,14H,3,5,7-9H2,1-2H3. The SMILES string of the molecule is COc1ccnc(CN2CCCNCC2=O)c1OC. The van der Waals surface area contributed by atoms with E-state index in [1.54, 1.807) is 31.4 Å². The average Bonchev–Trinajstić information content (AvgIpc) is 2.64. The second-order valence-electron chi connectivity index (χ2n) is 4.34. The zero-order valence-electron chi connectivity index (χ0n) is 11.3. The van der Waals surface area contributed by atoms with Gasteiger partial charge in [0.05, 0.1) is 27.3 Å². The van der Waals surface area contributed by atoms with Gasteiger partial charge in [0.15, 0.2) is 11.5 Å². The first-order valence-corrected chi connectivity index (χ1v) is 6.30. The molecular formula is C13H19N3O3. The Kier molecular flexibility index (Phi) is 4.57. The number of ether oxygens (including phenoxy) is 2. The molecule has 1 N–H and O–H groups in total. The van der Waals surface area contributed by atoms with Crippen molar-refractivity contribution in [2.45, 2.75) is 13.0 Å². The molecule has 19 heavy (non-hydrogen) atoms. The molecule has 0 saturated carbocycles. The van der Waals surface area contributed by atoms with Crippen molar-refractivity contribution in [3.8, 4) is 11.5 Å². The molecule has 1 saturated heterocycles. The van der Waals surface area contributed by atoms with Crippen LogP contribution in [0, 0.1) is 0 Å². The summed E-state index contributed by atoms with van der Waals surface area (Å²) in [6.07, 6.45) is 2.61. The highest BCUT2D eigenvalue weighted by Gasteiger charge is 2.20. The molecule has 6 heteroatoms. The van der Waals surface area contributed by atoms with E-state index in [0.717, 1.165) is 25.2 Å². The fourth-order valence-electron chi connectivity index (χ4n) is 2.14. The molecule has 0 aromatic carbocycles. The van der Waals surface area contributed by atoms with Crippen LogP contribution in [0.15, 0.2) is 12.3 Å². The summed E-state index contributed by atoms with van der Waals surface area (Å²) in [4.78, 5) is 18.0. The molecule has 2 rings (SSSR count). The Morgan fingerprint density at radius 1 is 1.42 bits per heavy atom. The second kappa shape index (κ2) is 6.38. The van der Waals surface area contributed by atoms with Crippen LogP contribution < -0.4 is 14.8 Å². The van der Waals surface area contributed by atoms with Crippen molar-refractivity contribution >= 4 is 5.91 Å². The van der Waals surface area contributed by atoms with Crippen molar-refractivity contribution < 1.29 is 14.3 Å². The molecule has 1 aliphatic rings. The Morgan fingerprint density at radius 3 is 3.00 bits per heavy atom. The third-order valence-corrected chi connectivity index (χ3v) is 3.12. The summed E-state index contributed by atoms with van der Waals surface area (Å²) in [6, 6.07) is 1.74. The lowest BCUT2D eigenvalue weighted by atomic mass is 10.2.